The van der Waals surface area contributed by atoms with Crippen molar-refractivity contribution < 1.29 is 0 Å². The summed E-state index contributed by atoms with van der Waals surface area (Å²) in [7, 11) is 1.89. The van der Waals surface area contributed by atoms with Gasteiger partial charge < -0.3 is 15.5 Å². The average molecular weight is 341 g/mol. The molecule has 4 heteroatoms. The van der Waals surface area contributed by atoms with Gasteiger partial charge in [0.1, 0.15) is 0 Å². The minimum atomic E-state index is 0.439. The molecule has 0 radical (unpaired) electrons. The van der Waals surface area contributed by atoms with Gasteiger partial charge in [0.05, 0.1) is 0 Å². The second-order valence-corrected chi connectivity index (χ2v) is 8.27. The first-order valence-electron chi connectivity index (χ1n) is 10.0. The molecule has 0 spiro atoms. The van der Waals surface area contributed by atoms with E-state index in [2.05, 4.69) is 50.9 Å². The largest absolute Gasteiger partial charge is 0.356 e. The van der Waals surface area contributed by atoms with E-state index in [0.29, 0.717) is 11.5 Å². The highest BCUT2D eigenvalue weighted by Gasteiger charge is 2.42. The van der Waals surface area contributed by atoms with E-state index in [4.69, 9.17) is 0 Å². The molecule has 1 aliphatic heterocycles. The van der Waals surface area contributed by atoms with Crippen LogP contribution in [0.2, 0.25) is 0 Å². The standard InChI is InChI=1S/C21H32N4/c1-22-20(24-18-9-13-25(14-10-18)19-7-8-19)23-16-21(11-12-21)15-17-5-3-2-4-6-17/h2-6,18-19H,7-16H2,1H3,(H2,22,23,24). The Labute approximate surface area is 152 Å². The minimum absolute atomic E-state index is 0.439. The molecule has 3 fully saturated rings. The van der Waals surface area contributed by atoms with Gasteiger partial charge in [0.2, 0.25) is 0 Å². The Kier molecular flexibility index (Phi) is 4.98. The Morgan fingerprint density at radius 3 is 2.44 bits per heavy atom. The highest BCUT2D eigenvalue weighted by atomic mass is 15.2. The summed E-state index contributed by atoms with van der Waals surface area (Å²) in [5.74, 6) is 0.990. The maximum atomic E-state index is 4.47. The van der Waals surface area contributed by atoms with Gasteiger partial charge in [0.25, 0.3) is 0 Å². The zero-order valence-electron chi connectivity index (χ0n) is 15.5. The van der Waals surface area contributed by atoms with Gasteiger partial charge in [-0.3, -0.25) is 4.99 Å². The molecule has 2 saturated carbocycles. The number of nitrogens with one attached hydrogen (secondary N) is 2. The van der Waals surface area contributed by atoms with Crippen molar-refractivity contribution >= 4 is 5.96 Å². The predicted octanol–water partition coefficient (Wildman–Crippen LogP) is 2.80. The van der Waals surface area contributed by atoms with E-state index in [9.17, 15) is 0 Å². The van der Waals surface area contributed by atoms with Crippen LogP contribution in [0.4, 0.5) is 0 Å². The number of likely N-dealkylation sites (tertiary alicyclic amines) is 1. The molecule has 3 aliphatic rings. The van der Waals surface area contributed by atoms with E-state index < -0.39 is 0 Å². The third-order valence-corrected chi connectivity index (χ3v) is 6.17. The average Bonchev–Trinajstić information content (AvgIpc) is 3.56. The van der Waals surface area contributed by atoms with E-state index in [-0.39, 0.29) is 0 Å². The van der Waals surface area contributed by atoms with E-state index >= 15 is 0 Å². The molecule has 0 aromatic heterocycles. The van der Waals surface area contributed by atoms with Crippen molar-refractivity contribution in [2.75, 3.05) is 26.7 Å². The lowest BCUT2D eigenvalue weighted by molar-refractivity contribution is 0.197. The third kappa shape index (κ3) is 4.55. The maximum Gasteiger partial charge on any atom is 0.191 e. The summed E-state index contributed by atoms with van der Waals surface area (Å²) in [4.78, 5) is 7.14. The highest BCUT2D eigenvalue weighted by molar-refractivity contribution is 5.80. The van der Waals surface area contributed by atoms with Crippen LogP contribution in [0.5, 0.6) is 0 Å². The molecule has 0 atom stereocenters. The fourth-order valence-electron chi connectivity index (χ4n) is 4.13. The van der Waals surface area contributed by atoms with Gasteiger partial charge in [-0.1, -0.05) is 30.3 Å². The molecule has 4 nitrogen and oxygen atoms in total. The molecule has 2 N–H and O–H groups in total. The number of hydrogen-bond donors (Lipinski definition) is 2. The lowest BCUT2D eigenvalue weighted by atomic mass is 9.96. The molecule has 4 rings (SSSR count). The first kappa shape index (κ1) is 16.9. The Hall–Kier alpha value is -1.55. The number of piperidine rings is 1. The molecule has 0 amide bonds. The van der Waals surface area contributed by atoms with Gasteiger partial charge in [-0.25, -0.2) is 0 Å². The molecule has 1 heterocycles. The summed E-state index contributed by atoms with van der Waals surface area (Å²) in [6.07, 6.45) is 9.16. The van der Waals surface area contributed by atoms with Gasteiger partial charge >= 0.3 is 0 Å². The van der Waals surface area contributed by atoms with Crippen LogP contribution in [0.15, 0.2) is 35.3 Å². The highest BCUT2D eigenvalue weighted by Crippen LogP contribution is 2.47. The second kappa shape index (κ2) is 7.36. The summed E-state index contributed by atoms with van der Waals surface area (Å²) in [6.45, 7) is 3.52. The zero-order chi connectivity index (χ0) is 17.1. The van der Waals surface area contributed by atoms with Crippen LogP contribution in [0.3, 0.4) is 0 Å². The number of guanidine groups is 1. The van der Waals surface area contributed by atoms with E-state index in [1.165, 1.54) is 63.6 Å². The first-order chi connectivity index (χ1) is 12.3. The Balaban J connectivity index is 1.22. The Morgan fingerprint density at radius 2 is 1.84 bits per heavy atom. The van der Waals surface area contributed by atoms with Crippen molar-refractivity contribution in [3.63, 3.8) is 0 Å². The van der Waals surface area contributed by atoms with Crippen molar-refractivity contribution in [1.29, 1.82) is 0 Å². The van der Waals surface area contributed by atoms with Gasteiger partial charge in [0.15, 0.2) is 5.96 Å². The first-order valence-corrected chi connectivity index (χ1v) is 10.0. The zero-order valence-corrected chi connectivity index (χ0v) is 15.5. The Bertz CT molecular complexity index is 581. The number of nitrogens with zero attached hydrogens (tertiary/aromatic N) is 2. The Morgan fingerprint density at radius 1 is 1.12 bits per heavy atom. The number of benzene rings is 1. The van der Waals surface area contributed by atoms with Gasteiger partial charge in [-0.2, -0.15) is 0 Å². The van der Waals surface area contributed by atoms with E-state index in [1.54, 1.807) is 0 Å². The third-order valence-electron chi connectivity index (χ3n) is 6.17. The van der Waals surface area contributed by atoms with Crippen LogP contribution in [0, 0.1) is 5.41 Å². The molecular weight excluding hydrogens is 308 g/mol. The maximum absolute atomic E-state index is 4.47. The van der Waals surface area contributed by atoms with E-state index in [0.717, 1.165) is 18.5 Å². The predicted molar refractivity (Wildman–Crippen MR) is 104 cm³/mol. The lowest BCUT2D eigenvalue weighted by Gasteiger charge is -2.33. The summed E-state index contributed by atoms with van der Waals surface area (Å²) < 4.78 is 0. The van der Waals surface area contributed by atoms with Gasteiger partial charge in [-0.15, -0.1) is 0 Å². The summed E-state index contributed by atoms with van der Waals surface area (Å²) in [5.41, 5.74) is 1.89. The molecule has 136 valence electrons. The fourth-order valence-corrected chi connectivity index (χ4v) is 4.13. The van der Waals surface area contributed by atoms with Crippen LogP contribution in [0.1, 0.15) is 44.1 Å². The van der Waals surface area contributed by atoms with Crippen LogP contribution >= 0.6 is 0 Å². The normalized spacial score (nSPS) is 24.1. The second-order valence-electron chi connectivity index (χ2n) is 8.27. The van der Waals surface area contributed by atoms with Crippen LogP contribution < -0.4 is 10.6 Å². The molecular formula is C21H32N4. The van der Waals surface area contributed by atoms with E-state index in [1.807, 2.05) is 7.05 Å². The summed E-state index contributed by atoms with van der Waals surface area (Å²) in [6, 6.07) is 12.4. The summed E-state index contributed by atoms with van der Waals surface area (Å²) >= 11 is 0. The minimum Gasteiger partial charge on any atom is -0.356 e. The molecule has 2 aliphatic carbocycles. The van der Waals surface area contributed by atoms with Gasteiger partial charge in [-0.05, 0) is 55.9 Å². The van der Waals surface area contributed by atoms with Crippen LogP contribution in [-0.2, 0) is 6.42 Å². The molecule has 0 unspecified atom stereocenters. The van der Waals surface area contributed by atoms with Crippen molar-refractivity contribution in [3.8, 4) is 0 Å². The monoisotopic (exact) mass is 340 g/mol. The lowest BCUT2D eigenvalue weighted by Crippen LogP contribution is -2.50. The molecule has 0 bridgehead atoms. The number of hydrogen-bond acceptors (Lipinski definition) is 2. The SMILES string of the molecule is CN=C(NCC1(Cc2ccccc2)CC1)NC1CCN(C2CC2)CC1. The van der Waals surface area contributed by atoms with Crippen molar-refractivity contribution in [2.45, 2.75) is 57.0 Å². The molecule has 1 aromatic carbocycles. The number of aliphatic imine (C=N–C) groups is 1. The fraction of sp³-hybridized carbons (Fsp3) is 0.667. The summed E-state index contributed by atoms with van der Waals surface area (Å²) in [5, 5.41) is 7.27. The van der Waals surface area contributed by atoms with Crippen molar-refractivity contribution in [1.82, 2.24) is 15.5 Å². The molecule has 1 saturated heterocycles. The van der Waals surface area contributed by atoms with Crippen LogP contribution in [0.25, 0.3) is 0 Å². The molecule has 1 aromatic rings. The quantitative estimate of drug-likeness (QED) is 0.618. The number of rotatable bonds is 6. The molecule has 25 heavy (non-hydrogen) atoms. The smallest absolute Gasteiger partial charge is 0.191 e. The van der Waals surface area contributed by atoms with Gasteiger partial charge in [0, 0.05) is 38.8 Å². The van der Waals surface area contributed by atoms with Crippen molar-refractivity contribution in [3.05, 3.63) is 35.9 Å². The van der Waals surface area contributed by atoms with Crippen LogP contribution in [-0.4, -0.2) is 49.6 Å². The topological polar surface area (TPSA) is 39.7 Å². The van der Waals surface area contributed by atoms with Crippen molar-refractivity contribution in [2.24, 2.45) is 10.4 Å².